The van der Waals surface area contributed by atoms with Gasteiger partial charge in [0.05, 0.1) is 7.11 Å². The van der Waals surface area contributed by atoms with E-state index < -0.39 is 0 Å². The van der Waals surface area contributed by atoms with Crippen molar-refractivity contribution >= 4 is 0 Å². The number of para-hydroxylation sites is 1. The lowest BCUT2D eigenvalue weighted by molar-refractivity contribution is 0.288. The van der Waals surface area contributed by atoms with Crippen molar-refractivity contribution in [3.05, 3.63) is 29.8 Å². The predicted octanol–water partition coefficient (Wildman–Crippen LogP) is 3.19. The molecule has 0 spiro atoms. The molecule has 0 aliphatic rings. The lowest BCUT2D eigenvalue weighted by Crippen LogP contribution is -2.44. The molecule has 0 aliphatic carbocycles. The highest BCUT2D eigenvalue weighted by molar-refractivity contribution is 5.33. The van der Waals surface area contributed by atoms with E-state index in [9.17, 15) is 0 Å². The Morgan fingerprint density at radius 3 is 2.38 bits per heavy atom. The first kappa shape index (κ1) is 18.0. The van der Waals surface area contributed by atoms with Crippen LogP contribution in [-0.2, 0) is 6.42 Å². The highest BCUT2D eigenvalue weighted by atomic mass is 16.5. The highest BCUT2D eigenvalue weighted by Crippen LogP contribution is 2.19. The average molecular weight is 292 g/mol. The van der Waals surface area contributed by atoms with Gasteiger partial charge in [-0.15, -0.1) is 0 Å². The third kappa shape index (κ3) is 6.96. The summed E-state index contributed by atoms with van der Waals surface area (Å²) in [6, 6.07) is 9.26. The standard InChI is InChI=1S/C18H32N2O/c1-14(2)11-17(13-20(4)5)19-15(3)12-16-9-7-8-10-18(16)21-6/h7-10,14-15,17,19H,11-13H2,1-6H3. The molecule has 2 unspecified atom stereocenters. The normalized spacial score (nSPS) is 14.5. The van der Waals surface area contributed by atoms with Gasteiger partial charge in [-0.2, -0.15) is 0 Å². The van der Waals surface area contributed by atoms with Crippen LogP contribution in [0.4, 0.5) is 0 Å². The van der Waals surface area contributed by atoms with Crippen molar-refractivity contribution in [3.63, 3.8) is 0 Å². The highest BCUT2D eigenvalue weighted by Gasteiger charge is 2.16. The summed E-state index contributed by atoms with van der Waals surface area (Å²) in [5.41, 5.74) is 1.27. The first-order valence-corrected chi connectivity index (χ1v) is 7.95. The molecule has 0 saturated carbocycles. The monoisotopic (exact) mass is 292 g/mol. The second-order valence-electron chi connectivity index (χ2n) is 6.67. The minimum atomic E-state index is 0.435. The molecule has 3 nitrogen and oxygen atoms in total. The second-order valence-corrected chi connectivity index (χ2v) is 6.67. The van der Waals surface area contributed by atoms with Crippen molar-refractivity contribution in [2.45, 2.75) is 45.7 Å². The minimum absolute atomic E-state index is 0.435. The Morgan fingerprint density at radius 2 is 1.81 bits per heavy atom. The van der Waals surface area contributed by atoms with Gasteiger partial charge in [-0.05, 0) is 51.4 Å². The third-order valence-corrected chi connectivity index (χ3v) is 3.58. The van der Waals surface area contributed by atoms with Crippen molar-refractivity contribution in [2.75, 3.05) is 27.7 Å². The zero-order valence-corrected chi connectivity index (χ0v) is 14.5. The molecule has 0 aromatic heterocycles. The predicted molar refractivity (Wildman–Crippen MR) is 91.1 cm³/mol. The van der Waals surface area contributed by atoms with Crippen molar-refractivity contribution in [1.82, 2.24) is 10.2 Å². The van der Waals surface area contributed by atoms with Crippen LogP contribution in [0.3, 0.4) is 0 Å². The lowest BCUT2D eigenvalue weighted by atomic mass is 10.0. The van der Waals surface area contributed by atoms with E-state index in [-0.39, 0.29) is 0 Å². The van der Waals surface area contributed by atoms with Crippen LogP contribution in [0.1, 0.15) is 32.8 Å². The summed E-state index contributed by atoms with van der Waals surface area (Å²) in [5, 5.41) is 3.78. The Bertz CT molecular complexity index is 394. The summed E-state index contributed by atoms with van der Waals surface area (Å²) < 4.78 is 5.44. The van der Waals surface area contributed by atoms with E-state index in [1.165, 1.54) is 12.0 Å². The van der Waals surface area contributed by atoms with E-state index in [1.54, 1.807) is 7.11 Å². The molecule has 1 aromatic rings. The Balaban J connectivity index is 2.62. The van der Waals surface area contributed by atoms with Gasteiger partial charge in [0.1, 0.15) is 5.75 Å². The molecule has 0 amide bonds. The Labute approximate surface area is 130 Å². The number of benzene rings is 1. The fourth-order valence-electron chi connectivity index (χ4n) is 2.87. The van der Waals surface area contributed by atoms with Gasteiger partial charge in [-0.3, -0.25) is 0 Å². The number of hydrogen-bond donors (Lipinski definition) is 1. The van der Waals surface area contributed by atoms with Crippen LogP contribution in [0.25, 0.3) is 0 Å². The van der Waals surface area contributed by atoms with Crippen LogP contribution in [0, 0.1) is 5.92 Å². The largest absolute Gasteiger partial charge is 0.496 e. The van der Waals surface area contributed by atoms with Gasteiger partial charge in [0.25, 0.3) is 0 Å². The topological polar surface area (TPSA) is 24.5 Å². The molecule has 21 heavy (non-hydrogen) atoms. The van der Waals surface area contributed by atoms with Crippen molar-refractivity contribution in [1.29, 1.82) is 0 Å². The zero-order valence-electron chi connectivity index (χ0n) is 14.5. The number of ether oxygens (including phenoxy) is 1. The molecule has 3 heteroatoms. The number of nitrogens with one attached hydrogen (secondary N) is 1. The molecule has 0 heterocycles. The third-order valence-electron chi connectivity index (χ3n) is 3.58. The molecular weight excluding hydrogens is 260 g/mol. The minimum Gasteiger partial charge on any atom is -0.496 e. The molecule has 1 aromatic carbocycles. The molecule has 0 aliphatic heterocycles. The van der Waals surface area contributed by atoms with E-state index in [4.69, 9.17) is 4.74 Å². The molecule has 0 fully saturated rings. The van der Waals surface area contributed by atoms with E-state index >= 15 is 0 Å². The lowest BCUT2D eigenvalue weighted by Gasteiger charge is -2.27. The molecule has 120 valence electrons. The number of nitrogens with zero attached hydrogens (tertiary/aromatic N) is 1. The van der Waals surface area contributed by atoms with E-state index in [1.807, 2.05) is 12.1 Å². The number of rotatable bonds is 9. The number of hydrogen-bond acceptors (Lipinski definition) is 3. The Morgan fingerprint density at radius 1 is 1.14 bits per heavy atom. The van der Waals surface area contributed by atoms with Gasteiger partial charge in [-0.1, -0.05) is 32.0 Å². The van der Waals surface area contributed by atoms with E-state index in [0.29, 0.717) is 18.0 Å². The van der Waals surface area contributed by atoms with Crippen molar-refractivity contribution < 1.29 is 4.74 Å². The fourth-order valence-corrected chi connectivity index (χ4v) is 2.87. The van der Waals surface area contributed by atoms with Gasteiger partial charge >= 0.3 is 0 Å². The maximum Gasteiger partial charge on any atom is 0.122 e. The summed E-state index contributed by atoms with van der Waals surface area (Å²) in [6.07, 6.45) is 2.19. The van der Waals surface area contributed by atoms with Crippen LogP contribution in [0.2, 0.25) is 0 Å². The summed E-state index contributed by atoms with van der Waals surface area (Å²) in [4.78, 5) is 2.26. The van der Waals surface area contributed by atoms with Gasteiger partial charge in [0.2, 0.25) is 0 Å². The van der Waals surface area contributed by atoms with Crippen LogP contribution in [0.15, 0.2) is 24.3 Å². The van der Waals surface area contributed by atoms with Gasteiger partial charge in [0.15, 0.2) is 0 Å². The van der Waals surface area contributed by atoms with Crippen LogP contribution >= 0.6 is 0 Å². The quantitative estimate of drug-likeness (QED) is 0.756. The number of likely N-dealkylation sites (N-methyl/N-ethyl adjacent to an activating group) is 1. The average Bonchev–Trinajstić information content (AvgIpc) is 2.37. The second kappa shape index (κ2) is 9.06. The molecule has 1 N–H and O–H groups in total. The summed E-state index contributed by atoms with van der Waals surface area (Å²) >= 11 is 0. The smallest absolute Gasteiger partial charge is 0.122 e. The first-order chi connectivity index (χ1) is 9.92. The SMILES string of the molecule is COc1ccccc1CC(C)NC(CC(C)C)CN(C)C. The molecule has 0 bridgehead atoms. The van der Waals surface area contributed by atoms with Gasteiger partial charge in [0, 0.05) is 18.6 Å². The van der Waals surface area contributed by atoms with E-state index in [2.05, 4.69) is 57.2 Å². The zero-order chi connectivity index (χ0) is 15.8. The van der Waals surface area contributed by atoms with Crippen molar-refractivity contribution in [2.24, 2.45) is 5.92 Å². The molecule has 1 rings (SSSR count). The van der Waals surface area contributed by atoms with Crippen LogP contribution < -0.4 is 10.1 Å². The molecule has 0 saturated heterocycles. The molecule has 2 atom stereocenters. The Kier molecular flexibility index (Phi) is 7.76. The van der Waals surface area contributed by atoms with Crippen molar-refractivity contribution in [3.8, 4) is 5.75 Å². The molecule has 0 radical (unpaired) electrons. The number of methoxy groups -OCH3 is 1. The van der Waals surface area contributed by atoms with E-state index in [0.717, 1.165) is 18.7 Å². The first-order valence-electron chi connectivity index (χ1n) is 7.95. The summed E-state index contributed by atoms with van der Waals surface area (Å²) in [6.45, 7) is 7.91. The van der Waals surface area contributed by atoms with Gasteiger partial charge < -0.3 is 15.0 Å². The van der Waals surface area contributed by atoms with Gasteiger partial charge in [-0.25, -0.2) is 0 Å². The summed E-state index contributed by atoms with van der Waals surface area (Å²) in [7, 11) is 6.02. The van der Waals surface area contributed by atoms with Crippen LogP contribution in [0.5, 0.6) is 5.75 Å². The van der Waals surface area contributed by atoms with Crippen LogP contribution in [-0.4, -0.2) is 44.7 Å². The summed E-state index contributed by atoms with van der Waals surface area (Å²) in [5.74, 6) is 1.69. The Hall–Kier alpha value is -1.06. The fraction of sp³-hybridized carbons (Fsp3) is 0.667. The maximum atomic E-state index is 5.44. The molecular formula is C18H32N2O. The maximum absolute atomic E-state index is 5.44.